The Kier molecular flexibility index (Phi) is 5.54. The highest BCUT2D eigenvalue weighted by Gasteiger charge is 2.28. The third-order valence-electron chi connectivity index (χ3n) is 4.55. The number of carboxylic acids is 1. The lowest BCUT2D eigenvalue weighted by Gasteiger charge is -2.27. The van der Waals surface area contributed by atoms with Gasteiger partial charge in [-0.1, -0.05) is 56.3 Å². The van der Waals surface area contributed by atoms with Crippen LogP contribution in [0.15, 0.2) is 65.7 Å². The summed E-state index contributed by atoms with van der Waals surface area (Å²) >= 11 is 0. The molecule has 1 amide bonds. The second-order valence-corrected chi connectivity index (χ2v) is 6.84. The van der Waals surface area contributed by atoms with E-state index in [0.717, 1.165) is 0 Å². The number of hydrogen-bond acceptors (Lipinski definition) is 5. The van der Waals surface area contributed by atoms with Gasteiger partial charge in [0, 0.05) is 0 Å². The van der Waals surface area contributed by atoms with Crippen molar-refractivity contribution >= 4 is 22.8 Å². The molecule has 1 heterocycles. The number of fused-ring (bicyclic) bond motifs is 1. The predicted octanol–water partition coefficient (Wildman–Crippen LogP) is 0.877. The average molecular weight is 378 g/mol. The summed E-state index contributed by atoms with van der Waals surface area (Å²) in [7, 11) is 0. The zero-order valence-corrected chi connectivity index (χ0v) is 15.5. The first kappa shape index (κ1) is 19.3. The number of aromatic nitrogens is 2. The van der Waals surface area contributed by atoms with Crippen molar-refractivity contribution < 1.29 is 14.7 Å². The Bertz CT molecular complexity index is 1060. The summed E-state index contributed by atoms with van der Waals surface area (Å²) in [5.41, 5.74) is 0.676. The number of aliphatic carboxylic acids is 1. The van der Waals surface area contributed by atoms with Crippen LogP contribution in [0.2, 0.25) is 0 Å². The van der Waals surface area contributed by atoms with Crippen molar-refractivity contribution in [3.05, 3.63) is 76.8 Å². The average Bonchev–Trinajstić information content (AvgIpc) is 2.68. The number of carboxylic acid groups (broad SMARTS) is 1. The van der Waals surface area contributed by atoms with Crippen LogP contribution in [0, 0.1) is 5.92 Å². The van der Waals surface area contributed by atoms with Crippen LogP contribution >= 0.6 is 0 Å². The highest BCUT2D eigenvalue weighted by molar-refractivity contribution is 5.88. The molecule has 7 nitrogen and oxygen atoms in total. The molecule has 0 saturated carbocycles. The van der Waals surface area contributed by atoms with E-state index in [4.69, 9.17) is 0 Å². The van der Waals surface area contributed by atoms with E-state index in [9.17, 15) is 19.5 Å². The molecule has 0 aliphatic rings. The van der Waals surface area contributed by atoms with E-state index in [1.807, 2.05) is 0 Å². The largest absolute Gasteiger partial charge is 0.548 e. The number of carbonyl (C=O) groups excluding carboxylic acids is 2. The second kappa shape index (κ2) is 8.04. The first-order chi connectivity index (χ1) is 13.4. The molecule has 3 aromatic rings. The lowest BCUT2D eigenvalue weighted by atomic mass is 10.0. The van der Waals surface area contributed by atoms with Gasteiger partial charge < -0.3 is 15.2 Å². The van der Waals surface area contributed by atoms with Gasteiger partial charge in [0.2, 0.25) is 5.91 Å². The van der Waals surface area contributed by atoms with Crippen molar-refractivity contribution in [2.75, 3.05) is 0 Å². The minimum atomic E-state index is -1.38. The minimum Gasteiger partial charge on any atom is -0.548 e. The molecule has 0 fully saturated rings. The van der Waals surface area contributed by atoms with Crippen LogP contribution in [-0.2, 0) is 9.59 Å². The van der Waals surface area contributed by atoms with Crippen molar-refractivity contribution in [3.8, 4) is 0 Å². The number of nitrogens with one attached hydrogen (secondary N) is 1. The molecule has 2 aromatic carbocycles. The van der Waals surface area contributed by atoms with Gasteiger partial charge in [-0.15, -0.1) is 0 Å². The first-order valence-corrected chi connectivity index (χ1v) is 8.92. The van der Waals surface area contributed by atoms with Crippen LogP contribution in [0.3, 0.4) is 0 Å². The van der Waals surface area contributed by atoms with Crippen molar-refractivity contribution in [1.82, 2.24) is 14.9 Å². The maximum atomic E-state index is 13.1. The molecule has 28 heavy (non-hydrogen) atoms. The van der Waals surface area contributed by atoms with Gasteiger partial charge in [0.25, 0.3) is 5.56 Å². The van der Waals surface area contributed by atoms with Crippen molar-refractivity contribution in [2.45, 2.75) is 25.9 Å². The smallest absolute Gasteiger partial charge is 0.262 e. The minimum absolute atomic E-state index is 0.374. The van der Waals surface area contributed by atoms with Crippen LogP contribution in [0.5, 0.6) is 0 Å². The van der Waals surface area contributed by atoms with E-state index in [2.05, 4.69) is 10.3 Å². The highest BCUT2D eigenvalue weighted by Crippen LogP contribution is 2.19. The fourth-order valence-corrected chi connectivity index (χ4v) is 3.07. The summed E-state index contributed by atoms with van der Waals surface area (Å²) in [4.78, 5) is 41.8. The van der Waals surface area contributed by atoms with E-state index >= 15 is 0 Å². The summed E-state index contributed by atoms with van der Waals surface area (Å²) in [5, 5.41) is 14.3. The van der Waals surface area contributed by atoms with Gasteiger partial charge in [0.1, 0.15) is 6.04 Å². The molecule has 1 N–H and O–H groups in total. The zero-order valence-electron chi connectivity index (χ0n) is 15.5. The molecule has 0 aliphatic carbocycles. The quantitative estimate of drug-likeness (QED) is 0.686. The topological polar surface area (TPSA) is 104 Å². The van der Waals surface area contributed by atoms with E-state index in [0.29, 0.717) is 16.5 Å². The standard InChI is InChI=1S/C21H21N3O4/c1-13(2)17(21(27)28)23-19(25)18(14-8-4-3-5-9-14)24-12-22-16-11-7-6-10-15(16)20(24)26/h3-13,17-18H,1-2H3,(H,23,25)(H,27,28)/p-1/t17-,18-/m0/s1. The molecule has 7 heteroatoms. The fourth-order valence-electron chi connectivity index (χ4n) is 3.07. The Labute approximate surface area is 161 Å². The molecule has 0 saturated heterocycles. The molecule has 1 aromatic heterocycles. The molecule has 0 spiro atoms. The Hall–Kier alpha value is -3.48. The molecular formula is C21H20N3O4-. The van der Waals surface area contributed by atoms with Gasteiger partial charge in [-0.3, -0.25) is 14.2 Å². The normalized spacial score (nSPS) is 13.2. The number of carbonyl (C=O) groups is 2. The number of hydrogen-bond donors (Lipinski definition) is 1. The Morgan fingerprint density at radius 2 is 1.68 bits per heavy atom. The molecule has 0 aliphatic heterocycles. The number of rotatable bonds is 6. The lowest BCUT2D eigenvalue weighted by Crippen LogP contribution is -2.53. The lowest BCUT2D eigenvalue weighted by molar-refractivity contribution is -0.309. The van der Waals surface area contributed by atoms with Gasteiger partial charge in [-0.05, 0) is 23.6 Å². The summed E-state index contributed by atoms with van der Waals surface area (Å²) in [6.07, 6.45) is 1.31. The van der Waals surface area contributed by atoms with Crippen LogP contribution in [0.1, 0.15) is 25.5 Å². The van der Waals surface area contributed by atoms with Gasteiger partial charge in [0.15, 0.2) is 0 Å². The molecule has 2 atom stereocenters. The fraction of sp³-hybridized carbons (Fsp3) is 0.238. The van der Waals surface area contributed by atoms with E-state index in [1.165, 1.54) is 10.9 Å². The zero-order chi connectivity index (χ0) is 20.3. The molecular weight excluding hydrogens is 358 g/mol. The molecule has 3 rings (SSSR count). The van der Waals surface area contributed by atoms with E-state index in [-0.39, 0.29) is 11.5 Å². The van der Waals surface area contributed by atoms with E-state index in [1.54, 1.807) is 68.4 Å². The van der Waals surface area contributed by atoms with Crippen LogP contribution in [0.4, 0.5) is 0 Å². The maximum Gasteiger partial charge on any atom is 0.262 e. The summed E-state index contributed by atoms with van der Waals surface area (Å²) in [6, 6.07) is 13.3. The molecule has 0 bridgehead atoms. The van der Waals surface area contributed by atoms with Crippen LogP contribution < -0.4 is 16.0 Å². The van der Waals surface area contributed by atoms with Crippen LogP contribution in [0.25, 0.3) is 10.9 Å². The molecule has 144 valence electrons. The number of para-hydroxylation sites is 1. The summed E-state index contributed by atoms with van der Waals surface area (Å²) < 4.78 is 1.22. The van der Waals surface area contributed by atoms with E-state index < -0.39 is 24.0 Å². The maximum absolute atomic E-state index is 13.1. The second-order valence-electron chi connectivity index (χ2n) is 6.84. The monoisotopic (exact) mass is 378 g/mol. The Morgan fingerprint density at radius 3 is 2.32 bits per heavy atom. The number of amides is 1. The Balaban J connectivity index is 2.11. The van der Waals surface area contributed by atoms with Crippen LogP contribution in [-0.4, -0.2) is 27.5 Å². The first-order valence-electron chi connectivity index (χ1n) is 8.92. The molecule has 0 unspecified atom stereocenters. The Morgan fingerprint density at radius 1 is 1.04 bits per heavy atom. The van der Waals surface area contributed by atoms with Crippen molar-refractivity contribution in [2.24, 2.45) is 5.92 Å². The summed E-state index contributed by atoms with van der Waals surface area (Å²) in [6.45, 7) is 3.34. The third kappa shape index (κ3) is 3.78. The summed E-state index contributed by atoms with van der Waals surface area (Å²) in [5.74, 6) is -2.37. The van der Waals surface area contributed by atoms with Gasteiger partial charge in [0.05, 0.1) is 29.2 Å². The number of nitrogens with zero attached hydrogens (tertiary/aromatic N) is 2. The van der Waals surface area contributed by atoms with Gasteiger partial charge in [-0.2, -0.15) is 0 Å². The van der Waals surface area contributed by atoms with Crippen molar-refractivity contribution in [1.29, 1.82) is 0 Å². The highest BCUT2D eigenvalue weighted by atomic mass is 16.4. The van der Waals surface area contributed by atoms with Gasteiger partial charge in [-0.25, -0.2) is 4.98 Å². The molecule has 0 radical (unpaired) electrons. The third-order valence-corrected chi connectivity index (χ3v) is 4.55. The SMILES string of the molecule is CC(C)[C@H](NC(=O)[C@H](c1ccccc1)n1cnc2ccccc2c1=O)C(=O)[O-]. The van der Waals surface area contributed by atoms with Crippen molar-refractivity contribution in [3.63, 3.8) is 0 Å². The van der Waals surface area contributed by atoms with Gasteiger partial charge >= 0.3 is 0 Å². The number of benzene rings is 2. The predicted molar refractivity (Wildman–Crippen MR) is 102 cm³/mol.